The molecular formula is C16H21NO. The number of aromatic nitrogens is 1. The summed E-state index contributed by atoms with van der Waals surface area (Å²) in [7, 11) is 0. The third-order valence-electron chi connectivity index (χ3n) is 4.18. The molecule has 0 saturated heterocycles. The normalized spacial score (nSPS) is 24.3. The summed E-state index contributed by atoms with van der Waals surface area (Å²) in [6, 6.07) is 8.43. The SMILES string of the molecule is CCC1CCCCC1Oc1ccc2[nH]ccc2c1. The van der Waals surface area contributed by atoms with Crippen LogP contribution in [0.1, 0.15) is 39.0 Å². The molecule has 0 bridgehead atoms. The first-order valence-electron chi connectivity index (χ1n) is 7.10. The number of hydrogen-bond acceptors (Lipinski definition) is 1. The maximum Gasteiger partial charge on any atom is 0.120 e. The maximum atomic E-state index is 6.22. The van der Waals surface area contributed by atoms with Crippen molar-refractivity contribution >= 4 is 10.9 Å². The van der Waals surface area contributed by atoms with E-state index in [9.17, 15) is 0 Å². The largest absolute Gasteiger partial charge is 0.490 e. The average molecular weight is 243 g/mol. The minimum absolute atomic E-state index is 0.417. The zero-order valence-electron chi connectivity index (χ0n) is 11.0. The highest BCUT2D eigenvalue weighted by atomic mass is 16.5. The molecule has 1 N–H and O–H groups in total. The van der Waals surface area contributed by atoms with Gasteiger partial charge < -0.3 is 9.72 Å². The Morgan fingerprint density at radius 2 is 2.11 bits per heavy atom. The molecule has 1 aliphatic rings. The molecule has 1 fully saturated rings. The van der Waals surface area contributed by atoms with Crippen LogP contribution in [0.3, 0.4) is 0 Å². The Bertz CT molecular complexity index is 517. The lowest BCUT2D eigenvalue weighted by Crippen LogP contribution is -2.29. The van der Waals surface area contributed by atoms with E-state index < -0.39 is 0 Å². The maximum absolute atomic E-state index is 6.22. The Balaban J connectivity index is 1.77. The van der Waals surface area contributed by atoms with Crippen molar-refractivity contribution in [2.24, 2.45) is 5.92 Å². The van der Waals surface area contributed by atoms with Crippen LogP contribution in [0.4, 0.5) is 0 Å². The molecule has 0 spiro atoms. The number of rotatable bonds is 3. The molecule has 2 heteroatoms. The molecule has 1 aromatic carbocycles. The predicted molar refractivity (Wildman–Crippen MR) is 75.0 cm³/mol. The molecule has 1 aliphatic carbocycles. The summed E-state index contributed by atoms with van der Waals surface area (Å²) < 4.78 is 6.22. The van der Waals surface area contributed by atoms with Gasteiger partial charge in [0.1, 0.15) is 11.9 Å². The van der Waals surface area contributed by atoms with E-state index in [2.05, 4.69) is 36.2 Å². The van der Waals surface area contributed by atoms with E-state index in [0.717, 1.165) is 11.7 Å². The minimum atomic E-state index is 0.417. The van der Waals surface area contributed by atoms with Crippen LogP contribution >= 0.6 is 0 Å². The molecule has 2 unspecified atom stereocenters. The van der Waals surface area contributed by atoms with Gasteiger partial charge in [-0.05, 0) is 55.9 Å². The van der Waals surface area contributed by atoms with Gasteiger partial charge in [0.15, 0.2) is 0 Å². The van der Waals surface area contributed by atoms with Crippen molar-refractivity contribution in [1.82, 2.24) is 4.98 Å². The number of nitrogens with one attached hydrogen (secondary N) is 1. The van der Waals surface area contributed by atoms with Gasteiger partial charge in [-0.2, -0.15) is 0 Å². The molecule has 2 atom stereocenters. The molecule has 1 saturated carbocycles. The van der Waals surface area contributed by atoms with Crippen molar-refractivity contribution in [3.05, 3.63) is 30.5 Å². The second-order valence-electron chi connectivity index (χ2n) is 5.34. The van der Waals surface area contributed by atoms with Crippen LogP contribution in [0.25, 0.3) is 10.9 Å². The lowest BCUT2D eigenvalue weighted by molar-refractivity contribution is 0.0905. The van der Waals surface area contributed by atoms with Crippen molar-refractivity contribution in [2.75, 3.05) is 0 Å². The van der Waals surface area contributed by atoms with Gasteiger partial charge in [-0.1, -0.05) is 13.3 Å². The van der Waals surface area contributed by atoms with Crippen molar-refractivity contribution in [3.8, 4) is 5.75 Å². The second kappa shape index (κ2) is 5.05. The van der Waals surface area contributed by atoms with Gasteiger partial charge in [0.2, 0.25) is 0 Å². The predicted octanol–water partition coefficient (Wildman–Crippen LogP) is 4.52. The summed E-state index contributed by atoms with van der Waals surface area (Å²) in [4.78, 5) is 3.21. The van der Waals surface area contributed by atoms with E-state index >= 15 is 0 Å². The molecule has 1 aromatic heterocycles. The summed E-state index contributed by atoms with van der Waals surface area (Å²) in [6.45, 7) is 2.28. The van der Waals surface area contributed by atoms with Crippen LogP contribution in [0, 0.1) is 5.92 Å². The van der Waals surface area contributed by atoms with E-state index in [1.807, 2.05) is 6.20 Å². The van der Waals surface area contributed by atoms with Crippen molar-refractivity contribution in [2.45, 2.75) is 45.1 Å². The smallest absolute Gasteiger partial charge is 0.120 e. The lowest BCUT2D eigenvalue weighted by Gasteiger charge is -2.31. The molecule has 1 heterocycles. The van der Waals surface area contributed by atoms with Gasteiger partial charge in [0.05, 0.1) is 0 Å². The summed E-state index contributed by atoms with van der Waals surface area (Å²) in [6.07, 6.45) is 8.85. The van der Waals surface area contributed by atoms with Crippen LogP contribution in [0.5, 0.6) is 5.75 Å². The van der Waals surface area contributed by atoms with Crippen molar-refractivity contribution in [1.29, 1.82) is 0 Å². The van der Waals surface area contributed by atoms with Crippen molar-refractivity contribution < 1.29 is 4.74 Å². The minimum Gasteiger partial charge on any atom is -0.490 e. The molecule has 0 aliphatic heterocycles. The zero-order chi connectivity index (χ0) is 12.4. The first-order valence-corrected chi connectivity index (χ1v) is 7.10. The molecule has 2 nitrogen and oxygen atoms in total. The number of ether oxygens (including phenoxy) is 1. The monoisotopic (exact) mass is 243 g/mol. The van der Waals surface area contributed by atoms with Crippen LogP contribution in [0.15, 0.2) is 30.5 Å². The van der Waals surface area contributed by atoms with Crippen molar-refractivity contribution in [3.63, 3.8) is 0 Å². The molecule has 18 heavy (non-hydrogen) atoms. The highest BCUT2D eigenvalue weighted by molar-refractivity contribution is 5.80. The first-order chi connectivity index (χ1) is 8.86. The highest BCUT2D eigenvalue weighted by Crippen LogP contribution is 2.31. The molecule has 0 amide bonds. The number of benzene rings is 1. The standard InChI is InChI=1S/C16H21NO/c1-2-12-5-3-4-6-16(12)18-14-7-8-15-13(11-14)9-10-17-15/h7-12,16-17H,2-6H2,1H3. The molecule has 2 aromatic rings. The average Bonchev–Trinajstić information content (AvgIpc) is 2.87. The van der Waals surface area contributed by atoms with Crippen LogP contribution in [-0.4, -0.2) is 11.1 Å². The molecule has 3 rings (SSSR count). The fraction of sp³-hybridized carbons (Fsp3) is 0.500. The summed E-state index contributed by atoms with van der Waals surface area (Å²) in [5.41, 5.74) is 1.18. The number of fused-ring (bicyclic) bond motifs is 1. The molecular weight excluding hydrogens is 222 g/mol. The summed E-state index contributed by atoms with van der Waals surface area (Å²) in [5, 5.41) is 1.23. The Morgan fingerprint density at radius 1 is 1.22 bits per heavy atom. The van der Waals surface area contributed by atoms with E-state index in [1.54, 1.807) is 0 Å². The van der Waals surface area contributed by atoms with E-state index in [1.165, 1.54) is 43.0 Å². The van der Waals surface area contributed by atoms with Gasteiger partial charge in [-0.15, -0.1) is 0 Å². The van der Waals surface area contributed by atoms with Crippen LogP contribution in [-0.2, 0) is 0 Å². The molecule has 96 valence electrons. The topological polar surface area (TPSA) is 25.0 Å². The first kappa shape index (κ1) is 11.6. The van der Waals surface area contributed by atoms with E-state index in [0.29, 0.717) is 6.10 Å². The highest BCUT2D eigenvalue weighted by Gasteiger charge is 2.25. The zero-order valence-corrected chi connectivity index (χ0v) is 11.0. The number of aromatic amines is 1. The quantitative estimate of drug-likeness (QED) is 0.842. The fourth-order valence-corrected chi connectivity index (χ4v) is 3.08. The van der Waals surface area contributed by atoms with E-state index in [4.69, 9.17) is 4.74 Å². The lowest BCUT2D eigenvalue weighted by atomic mass is 9.85. The van der Waals surface area contributed by atoms with E-state index in [-0.39, 0.29) is 0 Å². The Labute approximate surface area is 108 Å². The summed E-state index contributed by atoms with van der Waals surface area (Å²) >= 11 is 0. The van der Waals surface area contributed by atoms with Crippen LogP contribution in [0.2, 0.25) is 0 Å². The van der Waals surface area contributed by atoms with Gasteiger partial charge in [-0.25, -0.2) is 0 Å². The third-order valence-corrected chi connectivity index (χ3v) is 4.18. The second-order valence-corrected chi connectivity index (χ2v) is 5.34. The van der Waals surface area contributed by atoms with Crippen LogP contribution < -0.4 is 4.74 Å². The summed E-state index contributed by atoms with van der Waals surface area (Å²) in [5.74, 6) is 1.76. The fourth-order valence-electron chi connectivity index (χ4n) is 3.08. The van der Waals surface area contributed by atoms with Gasteiger partial charge >= 0.3 is 0 Å². The Morgan fingerprint density at radius 3 is 3.00 bits per heavy atom. The Kier molecular flexibility index (Phi) is 3.26. The number of hydrogen-bond donors (Lipinski definition) is 1. The Hall–Kier alpha value is -1.44. The van der Waals surface area contributed by atoms with Gasteiger partial charge in [-0.3, -0.25) is 0 Å². The van der Waals surface area contributed by atoms with Gasteiger partial charge in [0.25, 0.3) is 0 Å². The number of H-pyrrole nitrogens is 1. The van der Waals surface area contributed by atoms with Gasteiger partial charge in [0, 0.05) is 17.1 Å². The third kappa shape index (κ3) is 2.24. The molecule has 0 radical (unpaired) electrons.